The summed E-state index contributed by atoms with van der Waals surface area (Å²) in [6, 6.07) is 0.341. The van der Waals surface area contributed by atoms with Crippen molar-refractivity contribution in [3.63, 3.8) is 0 Å². The number of fused-ring (bicyclic) bond motifs is 3. The number of ether oxygens (including phenoxy) is 1. The minimum absolute atomic E-state index is 0.0200. The summed E-state index contributed by atoms with van der Waals surface area (Å²) in [5.41, 5.74) is 6.79. The first-order chi connectivity index (χ1) is 8.67. The largest absolute Gasteiger partial charge is 0.466 e. The maximum absolute atomic E-state index is 12.0. The average molecular weight is 251 g/mol. The molecule has 3 aliphatic rings. The van der Waals surface area contributed by atoms with Gasteiger partial charge in [-0.2, -0.15) is 0 Å². The third-order valence-electron chi connectivity index (χ3n) is 5.90. The minimum atomic E-state index is 0.0200. The van der Waals surface area contributed by atoms with Crippen LogP contribution in [-0.4, -0.2) is 18.6 Å². The Morgan fingerprint density at radius 3 is 2.89 bits per heavy atom. The molecule has 0 aliphatic heterocycles. The standard InChI is InChI=1S/C15H25NO2/c1-2-18-14(17)11-4-3-7-15(9-11)12-6-5-10(8-12)13(15)16/h10-13H,2-9,16H2,1H3/t10-,11?,12-,13-,15+/m0/s1. The molecular weight excluding hydrogens is 226 g/mol. The van der Waals surface area contributed by atoms with E-state index in [1.54, 1.807) is 0 Å². The predicted molar refractivity (Wildman–Crippen MR) is 69.8 cm³/mol. The van der Waals surface area contributed by atoms with Gasteiger partial charge in [-0.15, -0.1) is 0 Å². The maximum atomic E-state index is 12.0. The number of nitrogens with two attached hydrogens (primary N) is 1. The molecule has 0 amide bonds. The highest BCUT2D eigenvalue weighted by molar-refractivity contribution is 5.72. The number of carbonyl (C=O) groups excluding carboxylic acids is 1. The van der Waals surface area contributed by atoms with Gasteiger partial charge >= 0.3 is 5.97 Å². The second-order valence-electron chi connectivity index (χ2n) is 6.57. The highest BCUT2D eigenvalue weighted by atomic mass is 16.5. The summed E-state index contributed by atoms with van der Waals surface area (Å²) >= 11 is 0. The van der Waals surface area contributed by atoms with Crippen molar-refractivity contribution in [2.75, 3.05) is 6.61 Å². The van der Waals surface area contributed by atoms with E-state index in [0.29, 0.717) is 12.6 Å². The van der Waals surface area contributed by atoms with Crippen molar-refractivity contribution in [2.24, 2.45) is 28.9 Å². The number of esters is 1. The van der Waals surface area contributed by atoms with Gasteiger partial charge in [0, 0.05) is 6.04 Å². The summed E-state index contributed by atoms with van der Waals surface area (Å²) in [6.45, 7) is 2.39. The van der Waals surface area contributed by atoms with Gasteiger partial charge in [-0.3, -0.25) is 4.79 Å². The molecule has 3 nitrogen and oxygen atoms in total. The summed E-state index contributed by atoms with van der Waals surface area (Å²) in [5.74, 6) is 1.65. The van der Waals surface area contributed by atoms with Crippen molar-refractivity contribution in [3.8, 4) is 0 Å². The zero-order valence-corrected chi connectivity index (χ0v) is 11.4. The first kappa shape index (κ1) is 12.5. The first-order valence-electron chi connectivity index (χ1n) is 7.59. The summed E-state index contributed by atoms with van der Waals surface area (Å²) in [5, 5.41) is 0. The molecule has 3 heteroatoms. The molecule has 3 aliphatic carbocycles. The van der Waals surface area contributed by atoms with Crippen LogP contribution in [0, 0.1) is 23.2 Å². The van der Waals surface area contributed by atoms with Crippen LogP contribution >= 0.6 is 0 Å². The number of rotatable bonds is 2. The lowest BCUT2D eigenvalue weighted by Gasteiger charge is -2.47. The van der Waals surface area contributed by atoms with Crippen LogP contribution < -0.4 is 5.73 Å². The van der Waals surface area contributed by atoms with Crippen LogP contribution in [0.25, 0.3) is 0 Å². The van der Waals surface area contributed by atoms with E-state index in [1.807, 2.05) is 6.92 Å². The summed E-state index contributed by atoms with van der Waals surface area (Å²) in [6.07, 6.45) is 8.37. The lowest BCUT2D eigenvalue weighted by molar-refractivity contribution is -0.151. The summed E-state index contributed by atoms with van der Waals surface area (Å²) < 4.78 is 5.22. The van der Waals surface area contributed by atoms with Crippen molar-refractivity contribution >= 4 is 5.97 Å². The number of hydrogen-bond acceptors (Lipinski definition) is 3. The topological polar surface area (TPSA) is 52.3 Å². The van der Waals surface area contributed by atoms with Crippen LogP contribution in [0.5, 0.6) is 0 Å². The molecule has 0 heterocycles. The SMILES string of the molecule is CCOC(=O)C1CCC[C@@]2(C1)[C@H]1CC[C@@H](C1)[C@@H]2N. The van der Waals surface area contributed by atoms with Gasteiger partial charge in [0.25, 0.3) is 0 Å². The second kappa shape index (κ2) is 4.52. The van der Waals surface area contributed by atoms with E-state index in [-0.39, 0.29) is 17.3 Å². The molecule has 18 heavy (non-hydrogen) atoms. The third kappa shape index (κ3) is 1.70. The molecule has 3 saturated carbocycles. The van der Waals surface area contributed by atoms with E-state index in [1.165, 1.54) is 25.7 Å². The molecule has 3 rings (SSSR count). The molecule has 3 fully saturated rings. The Morgan fingerprint density at radius 1 is 1.39 bits per heavy atom. The molecule has 0 radical (unpaired) electrons. The van der Waals surface area contributed by atoms with E-state index >= 15 is 0 Å². The van der Waals surface area contributed by atoms with E-state index < -0.39 is 0 Å². The van der Waals surface area contributed by atoms with Crippen molar-refractivity contribution in [3.05, 3.63) is 0 Å². The normalized spacial score (nSPS) is 46.6. The van der Waals surface area contributed by atoms with E-state index in [2.05, 4.69) is 0 Å². The van der Waals surface area contributed by atoms with E-state index in [0.717, 1.165) is 31.1 Å². The van der Waals surface area contributed by atoms with Gasteiger partial charge in [-0.1, -0.05) is 6.42 Å². The molecular formula is C15H25NO2. The Labute approximate surface area is 109 Å². The van der Waals surface area contributed by atoms with Gasteiger partial charge in [-0.05, 0) is 62.7 Å². The van der Waals surface area contributed by atoms with Crippen LogP contribution in [0.1, 0.15) is 51.9 Å². The molecule has 0 aromatic carbocycles. The maximum Gasteiger partial charge on any atom is 0.308 e. The van der Waals surface area contributed by atoms with Gasteiger partial charge in [0.05, 0.1) is 12.5 Å². The number of carbonyl (C=O) groups is 1. The molecule has 102 valence electrons. The molecule has 0 aromatic heterocycles. The van der Waals surface area contributed by atoms with Crippen molar-refractivity contribution in [1.29, 1.82) is 0 Å². The smallest absolute Gasteiger partial charge is 0.308 e. The lowest BCUT2D eigenvalue weighted by atomic mass is 9.59. The molecule has 5 atom stereocenters. The monoisotopic (exact) mass is 251 g/mol. The fraction of sp³-hybridized carbons (Fsp3) is 0.933. The fourth-order valence-electron chi connectivity index (χ4n) is 5.08. The van der Waals surface area contributed by atoms with Gasteiger partial charge in [0.15, 0.2) is 0 Å². The molecule has 2 bridgehead atoms. The average Bonchev–Trinajstić information content (AvgIpc) is 2.94. The van der Waals surface area contributed by atoms with E-state index in [9.17, 15) is 4.79 Å². The van der Waals surface area contributed by atoms with E-state index in [4.69, 9.17) is 10.5 Å². The predicted octanol–water partition coefficient (Wildman–Crippen LogP) is 2.48. The van der Waals surface area contributed by atoms with Crippen molar-refractivity contribution in [1.82, 2.24) is 0 Å². The summed E-state index contributed by atoms with van der Waals surface area (Å²) in [4.78, 5) is 12.0. The minimum Gasteiger partial charge on any atom is -0.466 e. The Balaban J connectivity index is 1.75. The summed E-state index contributed by atoms with van der Waals surface area (Å²) in [7, 11) is 0. The molecule has 0 saturated heterocycles. The Bertz CT molecular complexity index is 339. The van der Waals surface area contributed by atoms with Gasteiger partial charge in [-0.25, -0.2) is 0 Å². The molecule has 1 spiro atoms. The van der Waals surface area contributed by atoms with Gasteiger partial charge in [0.1, 0.15) is 0 Å². The fourth-order valence-corrected chi connectivity index (χ4v) is 5.08. The van der Waals surface area contributed by atoms with Gasteiger partial charge < -0.3 is 10.5 Å². The third-order valence-corrected chi connectivity index (χ3v) is 5.90. The van der Waals surface area contributed by atoms with Crippen LogP contribution in [0.3, 0.4) is 0 Å². The van der Waals surface area contributed by atoms with Crippen LogP contribution in [0.4, 0.5) is 0 Å². The Morgan fingerprint density at radius 2 is 2.22 bits per heavy atom. The van der Waals surface area contributed by atoms with Crippen molar-refractivity contribution in [2.45, 2.75) is 57.9 Å². The highest BCUT2D eigenvalue weighted by Crippen LogP contribution is 2.61. The molecule has 0 aromatic rings. The highest BCUT2D eigenvalue weighted by Gasteiger charge is 2.58. The Kier molecular flexibility index (Phi) is 3.13. The molecule has 2 N–H and O–H groups in total. The zero-order valence-electron chi connectivity index (χ0n) is 11.4. The first-order valence-corrected chi connectivity index (χ1v) is 7.59. The zero-order chi connectivity index (χ0) is 12.8. The Hall–Kier alpha value is -0.570. The quantitative estimate of drug-likeness (QED) is 0.767. The molecule has 1 unspecified atom stereocenters. The van der Waals surface area contributed by atoms with Crippen LogP contribution in [0.2, 0.25) is 0 Å². The lowest BCUT2D eigenvalue weighted by Crippen LogP contribution is -2.49. The van der Waals surface area contributed by atoms with Gasteiger partial charge in [0.2, 0.25) is 0 Å². The van der Waals surface area contributed by atoms with Crippen LogP contribution in [-0.2, 0) is 9.53 Å². The number of hydrogen-bond donors (Lipinski definition) is 1. The second-order valence-corrected chi connectivity index (χ2v) is 6.57. The van der Waals surface area contributed by atoms with Crippen molar-refractivity contribution < 1.29 is 9.53 Å². The van der Waals surface area contributed by atoms with Crippen LogP contribution in [0.15, 0.2) is 0 Å².